The van der Waals surface area contributed by atoms with E-state index in [1.54, 1.807) is 19.1 Å². The molecular weight excluding hydrogens is 184 g/mol. The molecule has 4 N–H and O–H groups in total. The molecule has 0 aliphatic carbocycles. The number of carbonyl (C=O) groups excluding carboxylic acids is 1. The largest absolute Gasteiger partial charge is 0.508 e. The summed E-state index contributed by atoms with van der Waals surface area (Å²) in [5, 5.41) is 8.99. The van der Waals surface area contributed by atoms with E-state index in [9.17, 15) is 4.79 Å². The molecule has 0 saturated carbocycles. The van der Waals surface area contributed by atoms with Crippen LogP contribution < -0.4 is 16.0 Å². The first-order valence-electron chi connectivity index (χ1n) is 4.09. The minimum absolute atomic E-state index is 0.147. The van der Waals surface area contributed by atoms with Gasteiger partial charge in [-0.25, -0.2) is 5.84 Å². The topological polar surface area (TPSA) is 84.6 Å². The molecule has 0 spiro atoms. The van der Waals surface area contributed by atoms with E-state index in [1.165, 1.54) is 12.1 Å². The maximum Gasteiger partial charge on any atom is 0.274 e. The zero-order valence-corrected chi connectivity index (χ0v) is 7.73. The molecule has 76 valence electrons. The maximum absolute atomic E-state index is 11.0. The van der Waals surface area contributed by atoms with E-state index in [1.807, 2.05) is 5.43 Å². The Bertz CT molecular complexity index is 310. The molecule has 14 heavy (non-hydrogen) atoms. The lowest BCUT2D eigenvalue weighted by Gasteiger charge is -2.12. The third-order valence-corrected chi connectivity index (χ3v) is 1.66. The molecule has 1 rings (SSSR count). The Hall–Kier alpha value is -1.75. The van der Waals surface area contributed by atoms with Crippen LogP contribution in [-0.2, 0) is 4.79 Å². The molecule has 1 atom stereocenters. The summed E-state index contributed by atoms with van der Waals surface area (Å²) in [7, 11) is 0. The Morgan fingerprint density at radius 2 is 2.07 bits per heavy atom. The van der Waals surface area contributed by atoms with Crippen molar-refractivity contribution in [1.82, 2.24) is 5.43 Å². The molecule has 0 aromatic heterocycles. The lowest BCUT2D eigenvalue weighted by molar-refractivity contribution is -0.127. The number of nitrogens with one attached hydrogen (secondary N) is 1. The molecule has 0 aliphatic rings. The van der Waals surface area contributed by atoms with Crippen molar-refractivity contribution in [3.05, 3.63) is 24.3 Å². The van der Waals surface area contributed by atoms with Crippen molar-refractivity contribution < 1.29 is 14.6 Å². The van der Waals surface area contributed by atoms with Crippen molar-refractivity contribution in [1.29, 1.82) is 0 Å². The van der Waals surface area contributed by atoms with Gasteiger partial charge in [-0.15, -0.1) is 0 Å². The van der Waals surface area contributed by atoms with E-state index in [0.717, 1.165) is 0 Å². The van der Waals surface area contributed by atoms with Crippen molar-refractivity contribution >= 4 is 5.91 Å². The highest BCUT2D eigenvalue weighted by molar-refractivity contribution is 5.80. The van der Waals surface area contributed by atoms with Crippen molar-refractivity contribution in [2.45, 2.75) is 13.0 Å². The van der Waals surface area contributed by atoms with Crippen LogP contribution in [0.1, 0.15) is 6.92 Å². The van der Waals surface area contributed by atoms with Crippen LogP contribution in [0.25, 0.3) is 0 Å². The predicted octanol–water partition coefficient (Wildman–Crippen LogP) is 0.149. The van der Waals surface area contributed by atoms with Crippen LogP contribution >= 0.6 is 0 Å². The lowest BCUT2D eigenvalue weighted by Crippen LogP contribution is -2.40. The minimum Gasteiger partial charge on any atom is -0.508 e. The van der Waals surface area contributed by atoms with Crippen LogP contribution in [0.4, 0.5) is 0 Å². The van der Waals surface area contributed by atoms with Gasteiger partial charge in [0.25, 0.3) is 5.91 Å². The summed E-state index contributed by atoms with van der Waals surface area (Å²) in [4.78, 5) is 11.0. The van der Waals surface area contributed by atoms with Gasteiger partial charge in [0.1, 0.15) is 11.5 Å². The number of phenols is 1. The molecule has 0 fully saturated rings. The van der Waals surface area contributed by atoms with E-state index in [2.05, 4.69) is 0 Å². The standard InChI is InChI=1S/C9H12N2O3/c1-6(9(13)11-10)14-8-4-2-7(12)3-5-8/h2-6,12H,10H2,1H3,(H,11,13)/t6-/m1/s1. The number of rotatable bonds is 3. The number of hydrogen-bond donors (Lipinski definition) is 3. The number of benzene rings is 1. The molecule has 5 heteroatoms. The van der Waals surface area contributed by atoms with Gasteiger partial charge in [-0.3, -0.25) is 10.2 Å². The van der Waals surface area contributed by atoms with E-state index < -0.39 is 12.0 Å². The summed E-state index contributed by atoms with van der Waals surface area (Å²) in [6.07, 6.45) is -0.662. The highest BCUT2D eigenvalue weighted by Crippen LogP contribution is 2.16. The average Bonchev–Trinajstić information content (AvgIpc) is 2.20. The number of phenolic OH excluding ortho intramolecular Hbond substituents is 1. The van der Waals surface area contributed by atoms with Crippen LogP contribution in [0, 0.1) is 0 Å². The first-order valence-corrected chi connectivity index (χ1v) is 4.09. The Balaban J connectivity index is 2.60. The highest BCUT2D eigenvalue weighted by Gasteiger charge is 2.12. The van der Waals surface area contributed by atoms with Crippen LogP contribution in [0.15, 0.2) is 24.3 Å². The normalized spacial score (nSPS) is 11.9. The second-order valence-corrected chi connectivity index (χ2v) is 2.76. The van der Waals surface area contributed by atoms with Crippen LogP contribution in [0.5, 0.6) is 11.5 Å². The average molecular weight is 196 g/mol. The maximum atomic E-state index is 11.0. The van der Waals surface area contributed by atoms with Crippen LogP contribution in [-0.4, -0.2) is 17.1 Å². The fourth-order valence-electron chi connectivity index (χ4n) is 0.900. The molecule has 0 bridgehead atoms. The Morgan fingerprint density at radius 3 is 2.57 bits per heavy atom. The van der Waals surface area contributed by atoms with Crippen molar-refractivity contribution in [2.75, 3.05) is 0 Å². The Morgan fingerprint density at radius 1 is 1.50 bits per heavy atom. The number of aromatic hydroxyl groups is 1. The number of hydrogen-bond acceptors (Lipinski definition) is 4. The molecule has 0 saturated heterocycles. The second kappa shape index (κ2) is 4.48. The van der Waals surface area contributed by atoms with E-state index in [0.29, 0.717) is 5.75 Å². The lowest BCUT2D eigenvalue weighted by atomic mass is 10.3. The zero-order chi connectivity index (χ0) is 10.6. The van der Waals surface area contributed by atoms with Gasteiger partial charge in [0.05, 0.1) is 0 Å². The Kier molecular flexibility index (Phi) is 3.30. The van der Waals surface area contributed by atoms with Gasteiger partial charge in [0.15, 0.2) is 6.10 Å². The number of hydrazine groups is 1. The first kappa shape index (κ1) is 10.3. The summed E-state index contributed by atoms with van der Waals surface area (Å²) < 4.78 is 5.22. The summed E-state index contributed by atoms with van der Waals surface area (Å²) in [6.45, 7) is 1.58. The van der Waals surface area contributed by atoms with Gasteiger partial charge >= 0.3 is 0 Å². The van der Waals surface area contributed by atoms with Gasteiger partial charge in [-0.1, -0.05) is 0 Å². The third kappa shape index (κ3) is 2.63. The summed E-state index contributed by atoms with van der Waals surface area (Å²) in [5.74, 6) is 5.17. The zero-order valence-electron chi connectivity index (χ0n) is 7.73. The van der Waals surface area contributed by atoms with Gasteiger partial charge in [-0.2, -0.15) is 0 Å². The monoisotopic (exact) mass is 196 g/mol. The molecule has 1 aromatic carbocycles. The van der Waals surface area contributed by atoms with Gasteiger partial charge in [-0.05, 0) is 31.2 Å². The minimum atomic E-state index is -0.662. The van der Waals surface area contributed by atoms with Crippen molar-refractivity contribution in [3.8, 4) is 11.5 Å². The van der Waals surface area contributed by atoms with Crippen LogP contribution in [0.2, 0.25) is 0 Å². The number of nitrogens with two attached hydrogens (primary N) is 1. The van der Waals surface area contributed by atoms with Crippen molar-refractivity contribution in [2.24, 2.45) is 5.84 Å². The number of amides is 1. The number of carbonyl (C=O) groups is 1. The third-order valence-electron chi connectivity index (χ3n) is 1.66. The molecule has 5 nitrogen and oxygen atoms in total. The van der Waals surface area contributed by atoms with E-state index in [4.69, 9.17) is 15.7 Å². The quantitative estimate of drug-likeness (QED) is 0.365. The van der Waals surface area contributed by atoms with E-state index in [-0.39, 0.29) is 5.75 Å². The smallest absolute Gasteiger partial charge is 0.274 e. The molecule has 0 radical (unpaired) electrons. The molecule has 0 heterocycles. The Labute approximate surface area is 81.5 Å². The summed E-state index contributed by atoms with van der Waals surface area (Å²) in [5.41, 5.74) is 1.98. The first-order chi connectivity index (χ1) is 6.63. The fraction of sp³-hybridized carbons (Fsp3) is 0.222. The highest BCUT2D eigenvalue weighted by atomic mass is 16.5. The fourth-order valence-corrected chi connectivity index (χ4v) is 0.900. The predicted molar refractivity (Wildman–Crippen MR) is 50.5 cm³/mol. The molecule has 1 amide bonds. The summed E-state index contributed by atoms with van der Waals surface area (Å²) >= 11 is 0. The van der Waals surface area contributed by atoms with Crippen LogP contribution in [0.3, 0.4) is 0 Å². The van der Waals surface area contributed by atoms with Gasteiger partial charge < -0.3 is 9.84 Å². The SMILES string of the molecule is C[C@@H](Oc1ccc(O)cc1)C(=O)NN. The van der Waals surface area contributed by atoms with Gasteiger partial charge in [0.2, 0.25) is 0 Å². The molecule has 1 aromatic rings. The molecule has 0 aliphatic heterocycles. The molecular formula is C9H12N2O3. The van der Waals surface area contributed by atoms with E-state index >= 15 is 0 Å². The van der Waals surface area contributed by atoms with Crippen molar-refractivity contribution in [3.63, 3.8) is 0 Å². The second-order valence-electron chi connectivity index (χ2n) is 2.76. The number of ether oxygens (including phenoxy) is 1. The summed E-state index contributed by atoms with van der Waals surface area (Å²) in [6, 6.07) is 6.08. The van der Waals surface area contributed by atoms with Gasteiger partial charge in [0, 0.05) is 0 Å². The molecule has 0 unspecified atom stereocenters.